The summed E-state index contributed by atoms with van der Waals surface area (Å²) in [4.78, 5) is 0. The van der Waals surface area contributed by atoms with E-state index in [9.17, 15) is 22.0 Å². The number of hydrogen-bond acceptors (Lipinski definition) is 1. The maximum absolute atomic E-state index is 14.7. The normalized spacial score (nSPS) is 32.1. The van der Waals surface area contributed by atoms with Crippen molar-refractivity contribution in [2.24, 2.45) is 35.5 Å². The van der Waals surface area contributed by atoms with Gasteiger partial charge in [-0.1, -0.05) is 31.9 Å². The van der Waals surface area contributed by atoms with Gasteiger partial charge in [0.1, 0.15) is 5.75 Å². The molecule has 0 spiro atoms. The van der Waals surface area contributed by atoms with Gasteiger partial charge in [-0.15, -0.1) is 0 Å². The van der Waals surface area contributed by atoms with Gasteiger partial charge in [-0.3, -0.25) is 0 Å². The Kier molecular flexibility index (Phi) is 9.38. The van der Waals surface area contributed by atoms with Crippen molar-refractivity contribution in [3.05, 3.63) is 41.7 Å². The molecule has 6 heteroatoms. The van der Waals surface area contributed by atoms with Crippen molar-refractivity contribution in [2.45, 2.75) is 103 Å². The van der Waals surface area contributed by atoms with Crippen molar-refractivity contribution in [3.8, 4) is 5.75 Å². The van der Waals surface area contributed by atoms with Crippen LogP contribution in [0.15, 0.2) is 24.3 Å². The second-order valence-corrected chi connectivity index (χ2v) is 11.6. The predicted molar refractivity (Wildman–Crippen MR) is 132 cm³/mol. The summed E-state index contributed by atoms with van der Waals surface area (Å²) in [5.74, 6) is -3.06. The Bertz CT molecular complexity index is 837. The monoisotopic (exact) mass is 512 g/mol. The first kappa shape index (κ1) is 27.4. The zero-order valence-electron chi connectivity index (χ0n) is 21.5. The third-order valence-electron chi connectivity index (χ3n) is 9.19. The Morgan fingerprint density at radius 3 is 1.72 bits per heavy atom. The van der Waals surface area contributed by atoms with E-state index in [-0.39, 0.29) is 0 Å². The van der Waals surface area contributed by atoms with Crippen molar-refractivity contribution in [1.29, 1.82) is 0 Å². The fourth-order valence-electron chi connectivity index (χ4n) is 6.96. The molecule has 1 nitrogen and oxygen atoms in total. The number of rotatable bonds is 8. The summed E-state index contributed by atoms with van der Waals surface area (Å²) >= 11 is 0. The van der Waals surface area contributed by atoms with Crippen molar-refractivity contribution < 1.29 is 26.7 Å². The van der Waals surface area contributed by atoms with Crippen molar-refractivity contribution in [3.63, 3.8) is 0 Å². The summed E-state index contributed by atoms with van der Waals surface area (Å²) in [6, 6.07) is 0.949. The van der Waals surface area contributed by atoms with E-state index < -0.39 is 35.2 Å². The molecule has 0 unspecified atom stereocenters. The van der Waals surface area contributed by atoms with E-state index in [1.54, 1.807) is 0 Å². The highest BCUT2D eigenvalue weighted by atomic mass is 19.3. The summed E-state index contributed by atoms with van der Waals surface area (Å²) in [6.07, 6.45) is 16.3. The molecule has 4 rings (SSSR count). The fraction of sp³-hybridized carbons (Fsp3) is 0.733. The van der Waals surface area contributed by atoms with E-state index in [1.807, 2.05) is 0 Å². The maximum atomic E-state index is 14.7. The molecule has 1 aromatic carbocycles. The summed E-state index contributed by atoms with van der Waals surface area (Å²) in [5, 5.41) is 0. The van der Waals surface area contributed by atoms with Crippen LogP contribution in [0.3, 0.4) is 0 Å². The van der Waals surface area contributed by atoms with E-state index in [2.05, 4.69) is 23.8 Å². The van der Waals surface area contributed by atoms with Gasteiger partial charge in [0, 0.05) is 12.1 Å². The largest absolute Gasteiger partial charge is 0.432 e. The van der Waals surface area contributed by atoms with Crippen molar-refractivity contribution in [2.75, 3.05) is 0 Å². The average molecular weight is 513 g/mol. The molecule has 1 aromatic rings. The van der Waals surface area contributed by atoms with Crippen LogP contribution in [0.25, 0.3) is 0 Å². The maximum Gasteiger partial charge on any atom is 0.400 e. The molecule has 0 bridgehead atoms. The molecule has 3 saturated carbocycles. The molecule has 0 atom stereocenters. The molecule has 202 valence electrons. The number of halogens is 5. The SMILES string of the molecule is CCCC1CCC(/C=C/C2CCC(C3CCC(C(F)(F)Oc4cc(F)c(F)c(F)c4)CC3)CC2)CC1. The van der Waals surface area contributed by atoms with Gasteiger partial charge >= 0.3 is 6.11 Å². The van der Waals surface area contributed by atoms with Crippen LogP contribution >= 0.6 is 0 Å². The molecule has 36 heavy (non-hydrogen) atoms. The van der Waals surface area contributed by atoms with Gasteiger partial charge in [0.15, 0.2) is 17.5 Å². The van der Waals surface area contributed by atoms with Crippen LogP contribution in [-0.4, -0.2) is 6.11 Å². The topological polar surface area (TPSA) is 9.23 Å². The van der Waals surface area contributed by atoms with Gasteiger partial charge in [-0.2, -0.15) is 8.78 Å². The van der Waals surface area contributed by atoms with Gasteiger partial charge in [-0.05, 0) is 107 Å². The average Bonchev–Trinajstić information content (AvgIpc) is 2.87. The second kappa shape index (κ2) is 12.3. The molecule has 0 radical (unpaired) electrons. The van der Waals surface area contributed by atoms with Crippen LogP contribution in [0.5, 0.6) is 5.75 Å². The molecule has 3 fully saturated rings. The number of alkyl halides is 2. The summed E-state index contributed by atoms with van der Waals surface area (Å²) < 4.78 is 74.0. The molecule has 0 N–H and O–H groups in total. The first-order valence-electron chi connectivity index (χ1n) is 14.1. The molecule has 0 aromatic heterocycles. The van der Waals surface area contributed by atoms with Gasteiger partial charge in [0.25, 0.3) is 0 Å². The fourth-order valence-corrected chi connectivity index (χ4v) is 6.96. The van der Waals surface area contributed by atoms with Gasteiger partial charge in [0.2, 0.25) is 0 Å². The summed E-state index contributed by atoms with van der Waals surface area (Å²) in [6.45, 7) is 2.28. The van der Waals surface area contributed by atoms with E-state index in [0.29, 0.717) is 42.7 Å². The zero-order chi connectivity index (χ0) is 25.7. The number of benzene rings is 1. The quantitative estimate of drug-likeness (QED) is 0.191. The Balaban J connectivity index is 1.19. The minimum absolute atomic E-state index is 0.324. The zero-order valence-corrected chi connectivity index (χ0v) is 21.5. The predicted octanol–water partition coefficient (Wildman–Crippen LogP) is 9.85. The molecule has 0 aliphatic heterocycles. The van der Waals surface area contributed by atoms with Crippen LogP contribution in [0, 0.1) is 53.0 Å². The highest BCUT2D eigenvalue weighted by Crippen LogP contribution is 2.46. The Morgan fingerprint density at radius 2 is 1.22 bits per heavy atom. The standard InChI is InChI=1S/C30H41F5O/c1-2-3-20-4-6-21(7-5-20)8-9-22-10-12-23(13-11-22)24-14-16-25(17-15-24)30(34,35)36-26-18-27(31)29(33)28(32)19-26/h8-9,18-25H,2-7,10-17H2,1H3/b9-8+. The first-order valence-corrected chi connectivity index (χ1v) is 14.1. The Labute approximate surface area is 212 Å². The smallest absolute Gasteiger partial charge is 0.400 e. The highest BCUT2D eigenvalue weighted by Gasteiger charge is 2.45. The number of ether oxygens (including phenoxy) is 1. The van der Waals surface area contributed by atoms with Crippen LogP contribution in [-0.2, 0) is 0 Å². The molecule has 3 aliphatic rings. The van der Waals surface area contributed by atoms with Crippen LogP contribution in [0.2, 0.25) is 0 Å². The van der Waals surface area contributed by atoms with Crippen molar-refractivity contribution >= 4 is 0 Å². The lowest BCUT2D eigenvalue weighted by molar-refractivity contribution is -0.224. The number of hydrogen-bond donors (Lipinski definition) is 0. The minimum Gasteiger partial charge on any atom is -0.432 e. The number of allylic oxidation sites excluding steroid dienone is 2. The lowest BCUT2D eigenvalue weighted by Crippen LogP contribution is -2.38. The highest BCUT2D eigenvalue weighted by molar-refractivity contribution is 5.25. The third-order valence-corrected chi connectivity index (χ3v) is 9.19. The van der Waals surface area contributed by atoms with E-state index in [1.165, 1.54) is 51.4 Å². The molecule has 0 heterocycles. The van der Waals surface area contributed by atoms with E-state index >= 15 is 0 Å². The lowest BCUT2D eigenvalue weighted by Gasteiger charge is -2.39. The minimum atomic E-state index is -3.54. The molecular formula is C30H41F5O. The molecule has 0 amide bonds. The second-order valence-electron chi connectivity index (χ2n) is 11.6. The van der Waals surface area contributed by atoms with Crippen LogP contribution in [0.4, 0.5) is 22.0 Å². The van der Waals surface area contributed by atoms with E-state index in [4.69, 9.17) is 0 Å². The lowest BCUT2D eigenvalue weighted by atomic mass is 9.69. The third kappa shape index (κ3) is 7.04. The summed E-state index contributed by atoms with van der Waals surface area (Å²) in [7, 11) is 0. The van der Waals surface area contributed by atoms with Gasteiger partial charge in [0.05, 0.1) is 5.92 Å². The van der Waals surface area contributed by atoms with Crippen LogP contribution < -0.4 is 4.74 Å². The molecular weight excluding hydrogens is 471 g/mol. The van der Waals surface area contributed by atoms with E-state index in [0.717, 1.165) is 37.5 Å². The summed E-state index contributed by atoms with van der Waals surface area (Å²) in [5.41, 5.74) is 0. The molecule has 0 saturated heterocycles. The molecule has 3 aliphatic carbocycles. The Hall–Kier alpha value is -1.59. The Morgan fingerprint density at radius 1 is 0.750 bits per heavy atom. The first-order chi connectivity index (χ1) is 17.2. The van der Waals surface area contributed by atoms with Crippen molar-refractivity contribution in [1.82, 2.24) is 0 Å². The van der Waals surface area contributed by atoms with Crippen LogP contribution in [0.1, 0.15) is 96.8 Å². The van der Waals surface area contributed by atoms with Gasteiger partial charge in [-0.25, -0.2) is 13.2 Å². The van der Waals surface area contributed by atoms with Gasteiger partial charge < -0.3 is 4.74 Å².